The van der Waals surface area contributed by atoms with Gasteiger partial charge in [-0.15, -0.1) is 0 Å². The summed E-state index contributed by atoms with van der Waals surface area (Å²) in [5.74, 6) is 0.657. The molecule has 1 aromatic rings. The van der Waals surface area contributed by atoms with Crippen molar-refractivity contribution in [2.45, 2.75) is 32.6 Å². The fraction of sp³-hybridized carbons (Fsp3) is 0.455. The molecule has 0 spiro atoms. The van der Waals surface area contributed by atoms with Crippen molar-refractivity contribution in [2.75, 3.05) is 0 Å². The van der Waals surface area contributed by atoms with Crippen LogP contribution in [0.5, 0.6) is 0 Å². The van der Waals surface area contributed by atoms with E-state index in [1.165, 1.54) is 27.4 Å². The monoisotopic (exact) mass is 304 g/mol. The topological polar surface area (TPSA) is 0 Å². The lowest BCUT2D eigenvalue weighted by Crippen LogP contribution is -1.97. The minimum absolute atomic E-state index is 0.657. The summed E-state index contributed by atoms with van der Waals surface area (Å²) >= 11 is 7.20. The van der Waals surface area contributed by atoms with E-state index in [4.69, 9.17) is 0 Å². The number of hydrogen-bond donors (Lipinski definition) is 0. The second kappa shape index (κ2) is 5.16. The maximum atomic E-state index is 3.60. The normalized spacial score (nSPS) is 10.8. The Hall–Kier alpha value is 0.180. The minimum atomic E-state index is 0.657. The van der Waals surface area contributed by atoms with Crippen molar-refractivity contribution in [3.63, 3.8) is 0 Å². The van der Waals surface area contributed by atoms with E-state index in [-0.39, 0.29) is 0 Å². The van der Waals surface area contributed by atoms with E-state index in [9.17, 15) is 0 Å². The van der Waals surface area contributed by atoms with Crippen molar-refractivity contribution >= 4 is 31.9 Å². The number of halogens is 2. The van der Waals surface area contributed by atoms with Gasteiger partial charge in [0, 0.05) is 8.95 Å². The Bertz CT molecular complexity index is 257. The van der Waals surface area contributed by atoms with Gasteiger partial charge in [0.05, 0.1) is 0 Å². The van der Waals surface area contributed by atoms with Crippen LogP contribution in [0.25, 0.3) is 0 Å². The van der Waals surface area contributed by atoms with Crippen LogP contribution >= 0.6 is 31.9 Å². The maximum Gasteiger partial charge on any atom is 0.0221 e. The van der Waals surface area contributed by atoms with Crippen LogP contribution in [0.4, 0.5) is 0 Å². The lowest BCUT2D eigenvalue weighted by molar-refractivity contribution is 0.636. The molecule has 13 heavy (non-hydrogen) atoms. The first-order valence-corrected chi connectivity index (χ1v) is 6.23. The second-order valence-electron chi connectivity index (χ2n) is 3.15. The van der Waals surface area contributed by atoms with Gasteiger partial charge in [-0.25, -0.2) is 0 Å². The van der Waals surface area contributed by atoms with Gasteiger partial charge in [0.1, 0.15) is 0 Å². The molecule has 1 rings (SSSR count). The molecule has 0 saturated carbocycles. The predicted molar refractivity (Wildman–Crippen MR) is 65.2 cm³/mol. The molecular weight excluding hydrogens is 292 g/mol. The van der Waals surface area contributed by atoms with Crippen LogP contribution < -0.4 is 0 Å². The highest BCUT2D eigenvalue weighted by Gasteiger charge is 2.13. The van der Waals surface area contributed by atoms with Crippen molar-refractivity contribution in [3.8, 4) is 0 Å². The molecule has 0 fully saturated rings. The molecule has 0 aliphatic rings. The van der Waals surface area contributed by atoms with Crippen molar-refractivity contribution < 1.29 is 0 Å². The SMILES string of the molecule is CCC(CC)c1c(Br)cccc1Br. The summed E-state index contributed by atoms with van der Waals surface area (Å²) in [5, 5.41) is 0. The summed E-state index contributed by atoms with van der Waals surface area (Å²) in [6.45, 7) is 4.47. The fourth-order valence-electron chi connectivity index (χ4n) is 1.60. The zero-order valence-electron chi connectivity index (χ0n) is 7.98. The van der Waals surface area contributed by atoms with Gasteiger partial charge in [0.25, 0.3) is 0 Å². The van der Waals surface area contributed by atoms with Crippen LogP contribution in [0, 0.1) is 0 Å². The van der Waals surface area contributed by atoms with Crippen LogP contribution in [-0.4, -0.2) is 0 Å². The average Bonchev–Trinajstić information content (AvgIpc) is 2.11. The Labute approximate surface area is 97.0 Å². The zero-order valence-corrected chi connectivity index (χ0v) is 11.2. The summed E-state index contributed by atoms with van der Waals surface area (Å²) < 4.78 is 2.44. The molecule has 1 aromatic carbocycles. The molecule has 0 aliphatic carbocycles. The zero-order chi connectivity index (χ0) is 9.84. The van der Waals surface area contributed by atoms with Crippen LogP contribution in [-0.2, 0) is 0 Å². The van der Waals surface area contributed by atoms with E-state index in [1.54, 1.807) is 0 Å². The smallest absolute Gasteiger partial charge is 0.0221 e. The van der Waals surface area contributed by atoms with Gasteiger partial charge >= 0.3 is 0 Å². The van der Waals surface area contributed by atoms with Crippen molar-refractivity contribution in [1.82, 2.24) is 0 Å². The molecule has 0 nitrogen and oxygen atoms in total. The molecule has 0 bridgehead atoms. The van der Waals surface area contributed by atoms with Crippen LogP contribution in [0.15, 0.2) is 27.1 Å². The van der Waals surface area contributed by atoms with Gasteiger partial charge in [-0.2, -0.15) is 0 Å². The summed E-state index contributed by atoms with van der Waals surface area (Å²) in [6.07, 6.45) is 2.38. The molecule has 0 heterocycles. The fourth-order valence-corrected chi connectivity index (χ4v) is 3.24. The lowest BCUT2D eigenvalue weighted by Gasteiger charge is -2.16. The maximum absolute atomic E-state index is 3.60. The van der Waals surface area contributed by atoms with Crippen LogP contribution in [0.1, 0.15) is 38.2 Å². The Kier molecular flexibility index (Phi) is 4.47. The molecule has 0 aromatic heterocycles. The number of hydrogen-bond acceptors (Lipinski definition) is 0. The van der Waals surface area contributed by atoms with E-state index in [1.807, 2.05) is 0 Å². The summed E-state index contributed by atoms with van der Waals surface area (Å²) in [4.78, 5) is 0. The van der Waals surface area contributed by atoms with E-state index in [0.717, 1.165) is 0 Å². The summed E-state index contributed by atoms with van der Waals surface area (Å²) in [7, 11) is 0. The van der Waals surface area contributed by atoms with Crippen LogP contribution in [0.3, 0.4) is 0 Å². The van der Waals surface area contributed by atoms with Gasteiger partial charge in [0.2, 0.25) is 0 Å². The third-order valence-corrected chi connectivity index (χ3v) is 3.78. The molecule has 0 aliphatic heterocycles. The van der Waals surface area contributed by atoms with Gasteiger partial charge in [0.15, 0.2) is 0 Å². The minimum Gasteiger partial charge on any atom is -0.0648 e. The highest BCUT2D eigenvalue weighted by atomic mass is 79.9. The molecule has 0 saturated heterocycles. The number of benzene rings is 1. The van der Waals surface area contributed by atoms with Crippen molar-refractivity contribution in [1.29, 1.82) is 0 Å². The third-order valence-electron chi connectivity index (χ3n) is 2.39. The van der Waals surface area contributed by atoms with E-state index >= 15 is 0 Å². The Morgan fingerprint density at radius 2 is 1.54 bits per heavy atom. The molecule has 72 valence electrons. The van der Waals surface area contributed by atoms with Crippen molar-refractivity contribution in [2.24, 2.45) is 0 Å². The highest BCUT2D eigenvalue weighted by molar-refractivity contribution is 9.11. The van der Waals surface area contributed by atoms with Crippen molar-refractivity contribution in [3.05, 3.63) is 32.7 Å². The molecule has 0 amide bonds. The first kappa shape index (κ1) is 11.3. The van der Waals surface area contributed by atoms with E-state index in [0.29, 0.717) is 5.92 Å². The van der Waals surface area contributed by atoms with Gasteiger partial charge < -0.3 is 0 Å². The Morgan fingerprint density at radius 1 is 1.08 bits per heavy atom. The first-order valence-electron chi connectivity index (χ1n) is 4.64. The average molecular weight is 306 g/mol. The van der Waals surface area contributed by atoms with Crippen LogP contribution in [0.2, 0.25) is 0 Å². The molecule has 2 heteroatoms. The predicted octanol–water partition coefficient (Wildman–Crippen LogP) is 5.12. The molecule has 0 unspecified atom stereocenters. The van der Waals surface area contributed by atoms with E-state index in [2.05, 4.69) is 63.9 Å². The van der Waals surface area contributed by atoms with Gasteiger partial charge in [-0.05, 0) is 36.5 Å². The third kappa shape index (κ3) is 2.57. The molecule has 0 radical (unpaired) electrons. The summed E-state index contributed by atoms with van der Waals surface area (Å²) in [6, 6.07) is 6.27. The quantitative estimate of drug-likeness (QED) is 0.727. The second-order valence-corrected chi connectivity index (χ2v) is 4.86. The van der Waals surface area contributed by atoms with Gasteiger partial charge in [-0.3, -0.25) is 0 Å². The number of rotatable bonds is 3. The lowest BCUT2D eigenvalue weighted by atomic mass is 9.94. The van der Waals surface area contributed by atoms with Gasteiger partial charge in [-0.1, -0.05) is 51.8 Å². The van der Waals surface area contributed by atoms with E-state index < -0.39 is 0 Å². The molecular formula is C11H14Br2. The molecule has 0 N–H and O–H groups in total. The standard InChI is InChI=1S/C11H14Br2/c1-3-8(4-2)11-9(12)6-5-7-10(11)13/h5-8H,3-4H2,1-2H3. The largest absolute Gasteiger partial charge is 0.0648 e. The highest BCUT2D eigenvalue weighted by Crippen LogP contribution is 2.35. The first-order chi connectivity index (χ1) is 6.20. The summed E-state index contributed by atoms with van der Waals surface area (Å²) in [5.41, 5.74) is 1.41. The molecule has 0 atom stereocenters. The Morgan fingerprint density at radius 3 is 1.92 bits per heavy atom. The Balaban J connectivity index is 3.10.